The molecule has 1 rings (SSSR count). The smallest absolute Gasteiger partial charge is 0.0644 e. The molecule has 1 N–H and O–H groups in total. The second-order valence-corrected chi connectivity index (χ2v) is 6.12. The van der Waals surface area contributed by atoms with Crippen molar-refractivity contribution in [3.63, 3.8) is 0 Å². The van der Waals surface area contributed by atoms with Gasteiger partial charge in [-0.25, -0.2) is 0 Å². The van der Waals surface area contributed by atoms with Crippen LogP contribution in [0.25, 0.3) is 0 Å². The fraction of sp³-hybridized carbons (Fsp3) is 1.00. The topological polar surface area (TPSA) is 21.3 Å². The molecule has 3 atom stereocenters. The number of ether oxygens (including phenoxy) is 1. The molecule has 96 valence electrons. The van der Waals surface area contributed by atoms with Crippen LogP contribution in [-0.4, -0.2) is 25.3 Å². The van der Waals surface area contributed by atoms with Gasteiger partial charge >= 0.3 is 0 Å². The molecule has 1 fully saturated rings. The van der Waals surface area contributed by atoms with Crippen LogP contribution in [0.3, 0.4) is 0 Å². The third kappa shape index (κ3) is 3.21. The average Bonchev–Trinajstić information content (AvgIpc) is 2.38. The van der Waals surface area contributed by atoms with Gasteiger partial charge in [-0.05, 0) is 17.8 Å². The zero-order valence-electron chi connectivity index (χ0n) is 11.8. The second kappa shape index (κ2) is 6.02. The average molecular weight is 227 g/mol. The van der Waals surface area contributed by atoms with Gasteiger partial charge in [0.25, 0.3) is 0 Å². The van der Waals surface area contributed by atoms with Crippen LogP contribution < -0.4 is 5.32 Å². The lowest BCUT2D eigenvalue weighted by molar-refractivity contribution is -0.0259. The number of hydrogen-bond acceptors (Lipinski definition) is 2. The van der Waals surface area contributed by atoms with Crippen molar-refractivity contribution in [2.24, 2.45) is 23.7 Å². The quantitative estimate of drug-likeness (QED) is 0.800. The van der Waals surface area contributed by atoms with Crippen molar-refractivity contribution in [1.29, 1.82) is 0 Å². The summed E-state index contributed by atoms with van der Waals surface area (Å²) in [6, 6.07) is 0.592. The summed E-state index contributed by atoms with van der Waals surface area (Å²) in [6.45, 7) is 15.7. The Balaban J connectivity index is 2.89. The lowest BCUT2D eigenvalue weighted by Crippen LogP contribution is -2.47. The normalized spacial score (nSPS) is 32.4. The first-order chi connectivity index (χ1) is 7.45. The third-order valence-corrected chi connectivity index (χ3v) is 3.73. The fourth-order valence-corrected chi connectivity index (χ4v) is 2.98. The molecule has 0 aromatic carbocycles. The van der Waals surface area contributed by atoms with Crippen LogP contribution in [0.4, 0.5) is 0 Å². The molecule has 1 heterocycles. The van der Waals surface area contributed by atoms with E-state index in [2.05, 4.69) is 46.9 Å². The fourth-order valence-electron chi connectivity index (χ4n) is 2.98. The van der Waals surface area contributed by atoms with Crippen LogP contribution in [0.5, 0.6) is 0 Å². The molecule has 0 saturated carbocycles. The maximum Gasteiger partial charge on any atom is 0.0644 e. The highest BCUT2D eigenvalue weighted by Gasteiger charge is 2.37. The Morgan fingerprint density at radius 1 is 0.938 bits per heavy atom. The van der Waals surface area contributed by atoms with Crippen molar-refractivity contribution in [2.75, 3.05) is 13.2 Å². The van der Waals surface area contributed by atoms with E-state index >= 15 is 0 Å². The lowest BCUT2D eigenvalue weighted by Gasteiger charge is -2.38. The van der Waals surface area contributed by atoms with Crippen LogP contribution >= 0.6 is 0 Å². The Labute approximate surface area is 101 Å². The Bertz CT molecular complexity index is 183. The zero-order chi connectivity index (χ0) is 12.3. The van der Waals surface area contributed by atoms with E-state index in [4.69, 9.17) is 4.74 Å². The molecule has 0 aliphatic carbocycles. The molecule has 0 radical (unpaired) electrons. The molecule has 0 aromatic heterocycles. The van der Waals surface area contributed by atoms with Gasteiger partial charge in [-0.15, -0.1) is 0 Å². The summed E-state index contributed by atoms with van der Waals surface area (Å²) in [6.07, 6.45) is 0.405. The number of nitrogens with one attached hydrogen (secondary N) is 1. The van der Waals surface area contributed by atoms with E-state index in [0.717, 1.165) is 13.2 Å². The van der Waals surface area contributed by atoms with Crippen molar-refractivity contribution in [3.05, 3.63) is 0 Å². The molecule has 0 aromatic rings. The Hall–Kier alpha value is -0.0800. The van der Waals surface area contributed by atoms with E-state index in [1.807, 2.05) is 0 Å². The minimum atomic E-state index is 0.405. The molecule has 1 aliphatic heterocycles. The highest BCUT2D eigenvalue weighted by molar-refractivity contribution is 4.90. The van der Waals surface area contributed by atoms with Gasteiger partial charge in [0.15, 0.2) is 0 Å². The van der Waals surface area contributed by atoms with E-state index < -0.39 is 0 Å². The van der Waals surface area contributed by atoms with Gasteiger partial charge in [-0.1, -0.05) is 41.5 Å². The molecule has 3 unspecified atom stereocenters. The van der Waals surface area contributed by atoms with Crippen molar-refractivity contribution < 1.29 is 4.74 Å². The maximum absolute atomic E-state index is 6.06. The van der Waals surface area contributed by atoms with Gasteiger partial charge in [0, 0.05) is 18.5 Å². The molecule has 2 heteroatoms. The van der Waals surface area contributed by atoms with Crippen molar-refractivity contribution in [1.82, 2.24) is 5.32 Å². The maximum atomic E-state index is 6.06. The van der Waals surface area contributed by atoms with E-state index in [9.17, 15) is 0 Å². The molecule has 2 nitrogen and oxygen atoms in total. The molecule has 1 saturated heterocycles. The van der Waals surface area contributed by atoms with Gasteiger partial charge < -0.3 is 10.1 Å². The molecule has 0 amide bonds. The molecule has 1 aliphatic rings. The first kappa shape index (κ1) is 14.0. The highest BCUT2D eigenvalue weighted by atomic mass is 16.5. The second-order valence-electron chi connectivity index (χ2n) is 6.12. The first-order valence-electron chi connectivity index (χ1n) is 6.80. The van der Waals surface area contributed by atoms with Gasteiger partial charge in [0.05, 0.1) is 12.7 Å². The minimum absolute atomic E-state index is 0.405. The molecule has 16 heavy (non-hydrogen) atoms. The van der Waals surface area contributed by atoms with Gasteiger partial charge in [0.1, 0.15) is 0 Å². The number of rotatable bonds is 3. The monoisotopic (exact) mass is 227 g/mol. The predicted octanol–water partition coefficient (Wildman–Crippen LogP) is 2.93. The molecule has 0 bridgehead atoms. The summed E-state index contributed by atoms with van der Waals surface area (Å²) in [5.41, 5.74) is 0. The van der Waals surface area contributed by atoms with E-state index in [1.54, 1.807) is 0 Å². The summed E-state index contributed by atoms with van der Waals surface area (Å²) in [5, 5.41) is 3.67. The summed E-state index contributed by atoms with van der Waals surface area (Å²) in [7, 11) is 0. The summed E-state index contributed by atoms with van der Waals surface area (Å²) >= 11 is 0. The summed E-state index contributed by atoms with van der Waals surface area (Å²) in [5.74, 6) is 2.58. The van der Waals surface area contributed by atoms with Crippen molar-refractivity contribution in [2.45, 2.75) is 53.7 Å². The lowest BCUT2D eigenvalue weighted by atomic mass is 9.76. The summed E-state index contributed by atoms with van der Waals surface area (Å²) in [4.78, 5) is 0. The van der Waals surface area contributed by atoms with E-state index in [1.165, 1.54) is 0 Å². The largest absolute Gasteiger partial charge is 0.376 e. The Morgan fingerprint density at radius 3 is 2.00 bits per heavy atom. The molecular weight excluding hydrogens is 198 g/mol. The Morgan fingerprint density at radius 2 is 1.56 bits per heavy atom. The third-order valence-electron chi connectivity index (χ3n) is 3.73. The van der Waals surface area contributed by atoms with Crippen LogP contribution in [0.1, 0.15) is 41.5 Å². The van der Waals surface area contributed by atoms with Crippen molar-refractivity contribution >= 4 is 0 Å². The van der Waals surface area contributed by atoms with E-state index in [-0.39, 0.29) is 0 Å². The highest BCUT2D eigenvalue weighted by Crippen LogP contribution is 2.31. The Kier molecular flexibility index (Phi) is 5.26. The van der Waals surface area contributed by atoms with Crippen LogP contribution in [0.15, 0.2) is 0 Å². The molecule has 0 spiro atoms. The first-order valence-corrected chi connectivity index (χ1v) is 6.80. The van der Waals surface area contributed by atoms with Crippen LogP contribution in [0.2, 0.25) is 0 Å². The minimum Gasteiger partial charge on any atom is -0.376 e. The van der Waals surface area contributed by atoms with Gasteiger partial charge in [0.2, 0.25) is 0 Å². The van der Waals surface area contributed by atoms with Crippen LogP contribution in [0, 0.1) is 23.7 Å². The summed E-state index contributed by atoms with van der Waals surface area (Å²) < 4.78 is 6.06. The van der Waals surface area contributed by atoms with Gasteiger partial charge in [-0.3, -0.25) is 0 Å². The van der Waals surface area contributed by atoms with E-state index in [0.29, 0.717) is 35.8 Å². The predicted molar refractivity (Wildman–Crippen MR) is 69.5 cm³/mol. The SMILES string of the molecule is CC(C)C1NCCOC(C(C)C)C1C(C)C. The number of hydrogen-bond donors (Lipinski definition) is 1. The van der Waals surface area contributed by atoms with Gasteiger partial charge in [-0.2, -0.15) is 0 Å². The van der Waals surface area contributed by atoms with Crippen LogP contribution in [-0.2, 0) is 4.74 Å². The van der Waals surface area contributed by atoms with Crippen molar-refractivity contribution in [3.8, 4) is 0 Å². The zero-order valence-corrected chi connectivity index (χ0v) is 11.8. The standard InChI is InChI=1S/C14H29NO/c1-9(2)12-13(10(3)4)15-7-8-16-14(12)11(5)6/h9-15H,7-8H2,1-6H3. The molecular formula is C14H29NO.